The van der Waals surface area contributed by atoms with Crippen LogP contribution in [-0.4, -0.2) is 43.2 Å². The van der Waals surface area contributed by atoms with Gasteiger partial charge in [0.25, 0.3) is 0 Å². The average molecular weight is 338 g/mol. The lowest BCUT2D eigenvalue weighted by atomic mass is 10.2. The van der Waals surface area contributed by atoms with Crippen molar-refractivity contribution in [2.45, 2.75) is 13.0 Å². The number of morpholine rings is 1. The summed E-state index contributed by atoms with van der Waals surface area (Å²) >= 11 is 0. The highest BCUT2D eigenvalue weighted by molar-refractivity contribution is 5.92. The summed E-state index contributed by atoms with van der Waals surface area (Å²) in [7, 11) is 0. The maximum Gasteiger partial charge on any atom is 0.238 e. The fraction of sp³-hybridized carbons (Fsp3) is 0.316. The minimum absolute atomic E-state index is 0.0209. The van der Waals surface area contributed by atoms with Crippen molar-refractivity contribution in [1.29, 1.82) is 0 Å². The van der Waals surface area contributed by atoms with Gasteiger partial charge in [-0.2, -0.15) is 10.2 Å². The number of hydrogen-bond donors (Lipinski definition) is 1. The number of carbonyl (C=O) groups is 1. The maximum atomic E-state index is 12.2. The largest absolute Gasteiger partial charge is 0.379 e. The van der Waals surface area contributed by atoms with Crippen LogP contribution in [0.3, 0.4) is 0 Å². The van der Waals surface area contributed by atoms with E-state index < -0.39 is 0 Å². The molecule has 1 N–H and O–H groups in total. The normalized spacial score (nSPS) is 18.4. The zero-order valence-electron chi connectivity index (χ0n) is 14.3. The molecular weight excluding hydrogens is 316 g/mol. The fourth-order valence-electron chi connectivity index (χ4n) is 2.60. The summed E-state index contributed by atoms with van der Waals surface area (Å²) in [5.74, 6) is -0.0209. The number of anilines is 1. The summed E-state index contributed by atoms with van der Waals surface area (Å²) in [5, 5.41) is 11.3. The van der Waals surface area contributed by atoms with Crippen LogP contribution in [0.5, 0.6) is 0 Å². The maximum absolute atomic E-state index is 12.2. The Labute approximate surface area is 147 Å². The predicted molar refractivity (Wildman–Crippen MR) is 97.5 cm³/mol. The van der Waals surface area contributed by atoms with Gasteiger partial charge in [-0.3, -0.25) is 9.69 Å². The van der Waals surface area contributed by atoms with Crippen molar-refractivity contribution in [3.63, 3.8) is 0 Å². The number of azo groups is 1. The molecular formula is C19H22N4O2. The molecule has 1 amide bonds. The highest BCUT2D eigenvalue weighted by atomic mass is 16.5. The van der Waals surface area contributed by atoms with Crippen molar-refractivity contribution in [2.24, 2.45) is 10.2 Å². The van der Waals surface area contributed by atoms with Crippen LogP contribution in [0.25, 0.3) is 0 Å². The Morgan fingerprint density at radius 3 is 2.48 bits per heavy atom. The summed E-state index contributed by atoms with van der Waals surface area (Å²) in [6.07, 6.45) is 0. The standard InChI is InChI=1S/C19H22N4O2/c1-15-14-25-12-11-23(15)13-19(24)20-16-7-9-18(10-8-16)22-21-17-5-3-2-4-6-17/h2-10,15H,11-14H2,1H3,(H,20,24). The first-order valence-corrected chi connectivity index (χ1v) is 8.39. The second-order valence-electron chi connectivity index (χ2n) is 6.03. The van der Waals surface area contributed by atoms with E-state index in [0.29, 0.717) is 19.8 Å². The number of nitrogens with zero attached hydrogens (tertiary/aromatic N) is 3. The molecule has 130 valence electrons. The van der Waals surface area contributed by atoms with E-state index in [0.717, 1.165) is 23.6 Å². The van der Waals surface area contributed by atoms with Gasteiger partial charge in [0, 0.05) is 18.3 Å². The lowest BCUT2D eigenvalue weighted by molar-refractivity contribution is -0.119. The molecule has 2 aromatic carbocycles. The van der Waals surface area contributed by atoms with Gasteiger partial charge < -0.3 is 10.1 Å². The summed E-state index contributed by atoms with van der Waals surface area (Å²) < 4.78 is 5.39. The van der Waals surface area contributed by atoms with Crippen LogP contribution >= 0.6 is 0 Å². The first-order chi connectivity index (χ1) is 12.2. The molecule has 1 unspecified atom stereocenters. The second kappa shape index (κ2) is 8.50. The van der Waals surface area contributed by atoms with Gasteiger partial charge in [0.1, 0.15) is 0 Å². The van der Waals surface area contributed by atoms with Crippen molar-refractivity contribution in [2.75, 3.05) is 31.6 Å². The molecule has 3 rings (SSSR count). The SMILES string of the molecule is CC1COCCN1CC(=O)Nc1ccc(N=Nc2ccccc2)cc1. The quantitative estimate of drug-likeness (QED) is 0.844. The van der Waals surface area contributed by atoms with Crippen LogP contribution in [0.1, 0.15) is 6.92 Å². The predicted octanol–water partition coefficient (Wildman–Crippen LogP) is 3.76. The van der Waals surface area contributed by atoms with Crippen molar-refractivity contribution in [1.82, 2.24) is 4.90 Å². The molecule has 0 spiro atoms. The lowest BCUT2D eigenvalue weighted by Crippen LogP contribution is -2.47. The summed E-state index contributed by atoms with van der Waals surface area (Å²) in [6.45, 7) is 4.58. The molecule has 25 heavy (non-hydrogen) atoms. The van der Waals surface area contributed by atoms with E-state index in [4.69, 9.17) is 4.74 Å². The van der Waals surface area contributed by atoms with Gasteiger partial charge in [0.05, 0.1) is 31.1 Å². The molecule has 1 heterocycles. The number of nitrogens with one attached hydrogen (secondary N) is 1. The number of amides is 1. The van der Waals surface area contributed by atoms with Crippen LogP contribution < -0.4 is 5.32 Å². The molecule has 6 nitrogen and oxygen atoms in total. The minimum Gasteiger partial charge on any atom is -0.379 e. The Bertz CT molecular complexity index is 716. The van der Waals surface area contributed by atoms with Crippen LogP contribution in [0.2, 0.25) is 0 Å². The van der Waals surface area contributed by atoms with Gasteiger partial charge in [-0.1, -0.05) is 18.2 Å². The van der Waals surface area contributed by atoms with Crippen LogP contribution in [0.4, 0.5) is 17.1 Å². The zero-order valence-corrected chi connectivity index (χ0v) is 14.3. The molecule has 0 saturated carbocycles. The summed E-state index contributed by atoms with van der Waals surface area (Å²) in [5.41, 5.74) is 2.30. The highest BCUT2D eigenvalue weighted by Gasteiger charge is 2.20. The Balaban J connectivity index is 1.53. The second-order valence-corrected chi connectivity index (χ2v) is 6.03. The smallest absolute Gasteiger partial charge is 0.238 e. The molecule has 0 radical (unpaired) electrons. The van der Waals surface area contributed by atoms with Crippen LogP contribution in [0.15, 0.2) is 64.8 Å². The van der Waals surface area contributed by atoms with Crippen molar-refractivity contribution >= 4 is 23.0 Å². The van der Waals surface area contributed by atoms with E-state index in [2.05, 4.69) is 27.4 Å². The van der Waals surface area contributed by atoms with Gasteiger partial charge in [-0.25, -0.2) is 0 Å². The van der Waals surface area contributed by atoms with Crippen molar-refractivity contribution < 1.29 is 9.53 Å². The van der Waals surface area contributed by atoms with E-state index in [1.54, 1.807) is 0 Å². The summed E-state index contributed by atoms with van der Waals surface area (Å²) in [6, 6.07) is 17.2. The number of hydrogen-bond acceptors (Lipinski definition) is 5. The van der Waals surface area contributed by atoms with Crippen LogP contribution in [-0.2, 0) is 9.53 Å². The van der Waals surface area contributed by atoms with E-state index >= 15 is 0 Å². The van der Waals surface area contributed by atoms with E-state index in [1.165, 1.54) is 0 Å². The number of benzene rings is 2. The molecule has 1 saturated heterocycles. The molecule has 1 aliphatic heterocycles. The van der Waals surface area contributed by atoms with Gasteiger partial charge in [-0.05, 0) is 43.3 Å². The first kappa shape index (κ1) is 17.3. The lowest BCUT2D eigenvalue weighted by Gasteiger charge is -2.32. The first-order valence-electron chi connectivity index (χ1n) is 8.39. The fourth-order valence-corrected chi connectivity index (χ4v) is 2.60. The Hall–Kier alpha value is -2.57. The van der Waals surface area contributed by atoms with Crippen molar-refractivity contribution in [3.8, 4) is 0 Å². The molecule has 0 aliphatic carbocycles. The highest BCUT2D eigenvalue weighted by Crippen LogP contribution is 2.20. The Morgan fingerprint density at radius 1 is 1.12 bits per heavy atom. The third-order valence-electron chi connectivity index (χ3n) is 4.04. The third-order valence-corrected chi connectivity index (χ3v) is 4.04. The molecule has 1 fully saturated rings. The number of ether oxygens (including phenoxy) is 1. The summed E-state index contributed by atoms with van der Waals surface area (Å²) in [4.78, 5) is 14.3. The molecule has 1 aliphatic rings. The monoisotopic (exact) mass is 338 g/mol. The molecule has 0 bridgehead atoms. The zero-order chi connectivity index (χ0) is 17.5. The molecule has 2 aromatic rings. The van der Waals surface area contributed by atoms with E-state index in [9.17, 15) is 4.79 Å². The van der Waals surface area contributed by atoms with E-state index in [1.807, 2.05) is 54.6 Å². The molecule has 0 aromatic heterocycles. The van der Waals surface area contributed by atoms with Crippen molar-refractivity contribution in [3.05, 3.63) is 54.6 Å². The van der Waals surface area contributed by atoms with Crippen LogP contribution in [0, 0.1) is 0 Å². The average Bonchev–Trinajstić information content (AvgIpc) is 2.64. The topological polar surface area (TPSA) is 66.3 Å². The van der Waals surface area contributed by atoms with Gasteiger partial charge in [-0.15, -0.1) is 0 Å². The third kappa shape index (κ3) is 5.20. The molecule has 6 heteroatoms. The van der Waals surface area contributed by atoms with E-state index in [-0.39, 0.29) is 11.9 Å². The van der Waals surface area contributed by atoms with Gasteiger partial charge in [0.2, 0.25) is 5.91 Å². The minimum atomic E-state index is -0.0209. The Morgan fingerprint density at radius 2 is 1.80 bits per heavy atom. The molecule has 1 atom stereocenters. The van der Waals surface area contributed by atoms with Gasteiger partial charge >= 0.3 is 0 Å². The number of carbonyl (C=O) groups excluding carboxylic acids is 1. The number of rotatable bonds is 5. The Kier molecular flexibility index (Phi) is 5.87. The van der Waals surface area contributed by atoms with Gasteiger partial charge in [0.15, 0.2) is 0 Å².